The summed E-state index contributed by atoms with van der Waals surface area (Å²) in [7, 11) is 0. The van der Waals surface area contributed by atoms with Gasteiger partial charge >= 0.3 is 11.9 Å². The van der Waals surface area contributed by atoms with E-state index >= 15 is 0 Å². The number of ether oxygens (including phenoxy) is 3. The van der Waals surface area contributed by atoms with Crippen molar-refractivity contribution < 1.29 is 23.8 Å². The lowest BCUT2D eigenvalue weighted by Gasteiger charge is -2.28. The first-order valence-corrected chi connectivity index (χ1v) is 25.6. The highest BCUT2D eigenvalue weighted by Crippen LogP contribution is 2.25. The molecule has 0 spiro atoms. The van der Waals surface area contributed by atoms with Crippen molar-refractivity contribution in [1.29, 1.82) is 0 Å². The van der Waals surface area contributed by atoms with Gasteiger partial charge in [0.15, 0.2) is 0 Å². The Morgan fingerprint density at radius 3 is 1.11 bits per heavy atom. The average Bonchev–Trinajstić information content (AvgIpc) is 3.21. The van der Waals surface area contributed by atoms with Gasteiger partial charge in [0.05, 0.1) is 26.4 Å². The van der Waals surface area contributed by atoms with Gasteiger partial charge in [-0.25, -0.2) is 0 Å². The van der Waals surface area contributed by atoms with Crippen molar-refractivity contribution in [1.82, 2.24) is 4.90 Å². The van der Waals surface area contributed by atoms with E-state index in [9.17, 15) is 9.59 Å². The van der Waals surface area contributed by atoms with Crippen molar-refractivity contribution in [2.24, 2.45) is 17.8 Å². The maximum Gasteiger partial charge on any atom is 0.306 e. The quantitative estimate of drug-likeness (QED) is 0.0452. The molecule has 0 unspecified atom stereocenters. The van der Waals surface area contributed by atoms with E-state index in [1.165, 1.54) is 206 Å². The molecule has 0 aliphatic carbocycles. The number of rotatable bonds is 43. The molecule has 0 amide bonds. The van der Waals surface area contributed by atoms with Crippen LogP contribution in [0.1, 0.15) is 252 Å². The molecule has 1 fully saturated rings. The number of hydrogen-bond acceptors (Lipinski definition) is 6. The lowest BCUT2D eigenvalue weighted by atomic mass is 9.91. The predicted molar refractivity (Wildman–Crippen MR) is 244 cm³/mol. The summed E-state index contributed by atoms with van der Waals surface area (Å²) in [5.41, 5.74) is 0. The van der Waals surface area contributed by atoms with Crippen LogP contribution in [0.5, 0.6) is 0 Å². The molecule has 0 N–H and O–H groups in total. The number of nitrogens with zero attached hydrogens (tertiary/aromatic N) is 1. The standard InChI is InChI=1S/C51H99NO5/c1-5-9-23-33-48(34-24-10-6-2)45-50(53)56-41-29-21-17-13-15-19-27-31-47(37-38-52-39-43-55-44-40-52)32-28-20-16-14-18-22-30-42-57-51(54)46-49(35-25-11-7-3)36-26-12-8-4/h47-49H,5-46H2,1-4H3. The molecule has 1 saturated heterocycles. The molecule has 0 aromatic carbocycles. The number of unbranched alkanes of at least 4 members (excludes halogenated alkanes) is 20. The zero-order valence-corrected chi connectivity index (χ0v) is 38.9. The van der Waals surface area contributed by atoms with Gasteiger partial charge in [-0.2, -0.15) is 0 Å². The minimum atomic E-state index is 0.0387. The van der Waals surface area contributed by atoms with E-state index in [4.69, 9.17) is 14.2 Å². The Labute approximate surface area is 355 Å². The highest BCUT2D eigenvalue weighted by molar-refractivity contribution is 5.70. The van der Waals surface area contributed by atoms with Gasteiger partial charge in [-0.1, -0.05) is 195 Å². The van der Waals surface area contributed by atoms with Crippen LogP contribution < -0.4 is 0 Å². The van der Waals surface area contributed by atoms with E-state index < -0.39 is 0 Å². The van der Waals surface area contributed by atoms with Gasteiger partial charge in [0.2, 0.25) is 0 Å². The Balaban J connectivity index is 2.17. The zero-order valence-electron chi connectivity index (χ0n) is 38.9. The molecule has 0 aromatic rings. The Morgan fingerprint density at radius 1 is 0.421 bits per heavy atom. The highest BCUT2D eigenvalue weighted by atomic mass is 16.5. The second kappa shape index (κ2) is 41.6. The molecule has 1 aliphatic heterocycles. The summed E-state index contributed by atoms with van der Waals surface area (Å²) in [5, 5.41) is 0. The Bertz CT molecular complexity index is 783. The van der Waals surface area contributed by atoms with Crippen LogP contribution >= 0.6 is 0 Å². The fraction of sp³-hybridized carbons (Fsp3) is 0.961. The summed E-state index contributed by atoms with van der Waals surface area (Å²) in [6, 6.07) is 0. The molecule has 1 aliphatic rings. The van der Waals surface area contributed by atoms with E-state index in [-0.39, 0.29) is 11.9 Å². The SMILES string of the molecule is CCCCCC(CCCCC)CC(=O)OCCCCCCCCCC(CCCCCCCCCOC(=O)CC(CCCCC)CCCCC)CCN1CCOCC1. The van der Waals surface area contributed by atoms with E-state index in [1.807, 2.05) is 0 Å². The maximum atomic E-state index is 12.5. The third-order valence-electron chi connectivity index (χ3n) is 12.8. The third kappa shape index (κ3) is 35.3. The molecule has 0 saturated carbocycles. The molecule has 338 valence electrons. The van der Waals surface area contributed by atoms with Gasteiger partial charge in [0.1, 0.15) is 0 Å². The van der Waals surface area contributed by atoms with Crippen LogP contribution in [0.25, 0.3) is 0 Å². The minimum Gasteiger partial charge on any atom is -0.466 e. The fourth-order valence-corrected chi connectivity index (χ4v) is 8.85. The monoisotopic (exact) mass is 806 g/mol. The van der Waals surface area contributed by atoms with Crippen LogP contribution in [0.4, 0.5) is 0 Å². The Morgan fingerprint density at radius 2 is 0.737 bits per heavy atom. The largest absolute Gasteiger partial charge is 0.466 e. The maximum absolute atomic E-state index is 12.5. The van der Waals surface area contributed by atoms with Gasteiger partial charge in [0, 0.05) is 25.9 Å². The first-order valence-electron chi connectivity index (χ1n) is 25.6. The first-order chi connectivity index (χ1) is 28.0. The molecule has 0 atom stereocenters. The normalized spacial score (nSPS) is 13.7. The summed E-state index contributed by atoms with van der Waals surface area (Å²) in [4.78, 5) is 27.7. The fourth-order valence-electron chi connectivity index (χ4n) is 8.85. The van der Waals surface area contributed by atoms with Crippen LogP contribution in [-0.2, 0) is 23.8 Å². The van der Waals surface area contributed by atoms with E-state index in [0.717, 1.165) is 45.1 Å². The highest BCUT2D eigenvalue weighted by Gasteiger charge is 2.17. The van der Waals surface area contributed by atoms with Crippen LogP contribution in [0.2, 0.25) is 0 Å². The average molecular weight is 806 g/mol. The zero-order chi connectivity index (χ0) is 41.3. The van der Waals surface area contributed by atoms with Gasteiger partial charge in [-0.05, 0) is 69.2 Å². The number of esters is 2. The van der Waals surface area contributed by atoms with Crippen LogP contribution in [0.15, 0.2) is 0 Å². The smallest absolute Gasteiger partial charge is 0.306 e. The Hall–Kier alpha value is -1.14. The first kappa shape index (κ1) is 53.9. The van der Waals surface area contributed by atoms with E-state index in [0.29, 0.717) is 37.9 Å². The van der Waals surface area contributed by atoms with Crippen molar-refractivity contribution in [2.45, 2.75) is 252 Å². The molecule has 1 heterocycles. The van der Waals surface area contributed by atoms with Crippen molar-refractivity contribution >= 4 is 11.9 Å². The van der Waals surface area contributed by atoms with Crippen molar-refractivity contribution in [2.75, 3.05) is 46.1 Å². The predicted octanol–water partition coefficient (Wildman–Crippen LogP) is 15.0. The van der Waals surface area contributed by atoms with Crippen LogP contribution in [-0.4, -0.2) is 62.9 Å². The van der Waals surface area contributed by atoms with E-state index in [2.05, 4.69) is 32.6 Å². The number of hydrogen-bond donors (Lipinski definition) is 0. The minimum absolute atomic E-state index is 0.0387. The second-order valence-corrected chi connectivity index (χ2v) is 18.2. The number of carbonyl (C=O) groups is 2. The Kier molecular flexibility index (Phi) is 39.3. The summed E-state index contributed by atoms with van der Waals surface area (Å²) >= 11 is 0. The van der Waals surface area contributed by atoms with Gasteiger partial charge in [0.25, 0.3) is 0 Å². The van der Waals surface area contributed by atoms with Crippen molar-refractivity contribution in [3.8, 4) is 0 Å². The summed E-state index contributed by atoms with van der Waals surface area (Å²) < 4.78 is 16.9. The van der Waals surface area contributed by atoms with Crippen LogP contribution in [0, 0.1) is 17.8 Å². The van der Waals surface area contributed by atoms with E-state index in [1.54, 1.807) is 0 Å². The van der Waals surface area contributed by atoms with Gasteiger partial charge < -0.3 is 14.2 Å². The molecule has 0 bridgehead atoms. The number of carbonyl (C=O) groups excluding carboxylic acids is 2. The molecule has 6 nitrogen and oxygen atoms in total. The topological polar surface area (TPSA) is 65.1 Å². The summed E-state index contributed by atoms with van der Waals surface area (Å²) in [5.74, 6) is 1.97. The third-order valence-corrected chi connectivity index (χ3v) is 12.8. The summed E-state index contributed by atoms with van der Waals surface area (Å²) in [6.07, 6.45) is 42.8. The van der Waals surface area contributed by atoms with Crippen molar-refractivity contribution in [3.63, 3.8) is 0 Å². The summed E-state index contributed by atoms with van der Waals surface area (Å²) in [6.45, 7) is 15.4. The lowest BCUT2D eigenvalue weighted by molar-refractivity contribution is -0.146. The molecular formula is C51H99NO5. The molecular weight excluding hydrogens is 707 g/mol. The van der Waals surface area contributed by atoms with Crippen LogP contribution in [0.3, 0.4) is 0 Å². The van der Waals surface area contributed by atoms with Gasteiger partial charge in [-0.15, -0.1) is 0 Å². The molecule has 1 rings (SSSR count). The lowest BCUT2D eigenvalue weighted by Crippen LogP contribution is -2.37. The molecule has 57 heavy (non-hydrogen) atoms. The van der Waals surface area contributed by atoms with Gasteiger partial charge in [-0.3, -0.25) is 14.5 Å². The molecule has 0 radical (unpaired) electrons. The number of morpholine rings is 1. The van der Waals surface area contributed by atoms with Crippen molar-refractivity contribution in [3.05, 3.63) is 0 Å². The second-order valence-electron chi connectivity index (χ2n) is 18.2. The molecule has 0 aromatic heterocycles. The molecule has 6 heteroatoms.